The lowest BCUT2D eigenvalue weighted by Crippen LogP contribution is -2.11. The number of carbonyl (C=O) groups is 1. The summed E-state index contributed by atoms with van der Waals surface area (Å²) in [7, 11) is 0. The molecule has 0 atom stereocenters. The van der Waals surface area contributed by atoms with Crippen molar-refractivity contribution in [2.45, 2.75) is 0 Å². The first kappa shape index (κ1) is 13.8. The second-order valence-electron chi connectivity index (χ2n) is 4.04. The fourth-order valence-corrected chi connectivity index (χ4v) is 3.08. The maximum absolute atomic E-state index is 12.1. The number of ether oxygens (including phenoxy) is 2. The van der Waals surface area contributed by atoms with Gasteiger partial charge in [-0.25, -0.2) is 0 Å². The van der Waals surface area contributed by atoms with Crippen LogP contribution < -0.4 is 14.8 Å². The van der Waals surface area contributed by atoms with E-state index in [1.165, 1.54) is 23.5 Å². The van der Waals surface area contributed by atoms with Gasteiger partial charge in [0.1, 0.15) is 5.69 Å². The molecular weight excluding hydrogens is 364 g/mol. The predicted octanol–water partition coefficient (Wildman–Crippen LogP) is 3.40. The summed E-state index contributed by atoms with van der Waals surface area (Å²) in [6.45, 7) is 0.00174. The van der Waals surface area contributed by atoms with Crippen molar-refractivity contribution in [3.05, 3.63) is 43.0 Å². The molecule has 1 N–H and O–H groups in total. The van der Waals surface area contributed by atoms with Crippen LogP contribution in [-0.2, 0) is 0 Å². The Morgan fingerprint density at radius 1 is 1.33 bits per heavy atom. The molecule has 1 aliphatic heterocycles. The van der Waals surface area contributed by atoms with Gasteiger partial charge in [0.05, 0.1) is 19.7 Å². The fraction of sp³-hybridized carbons (Fsp3) is 0.0833. The summed E-state index contributed by atoms with van der Waals surface area (Å²) >= 11 is 4.49. The van der Waals surface area contributed by atoms with E-state index >= 15 is 0 Å². The molecule has 1 amide bonds. The second kappa shape index (κ2) is 5.34. The van der Waals surface area contributed by atoms with Crippen LogP contribution in [0.25, 0.3) is 0 Å². The minimum atomic E-state index is -0.581. The van der Waals surface area contributed by atoms with Crippen LogP contribution in [0.5, 0.6) is 11.5 Å². The molecule has 0 bridgehead atoms. The molecule has 0 radical (unpaired) electrons. The summed E-state index contributed by atoms with van der Waals surface area (Å²) in [5, 5.41) is 13.6. The molecule has 0 unspecified atom stereocenters. The van der Waals surface area contributed by atoms with Gasteiger partial charge in [0, 0.05) is 6.07 Å². The van der Waals surface area contributed by atoms with Crippen LogP contribution in [0.2, 0.25) is 0 Å². The molecule has 1 aliphatic rings. The molecule has 1 aromatic heterocycles. The van der Waals surface area contributed by atoms with Gasteiger partial charge in [-0.3, -0.25) is 14.9 Å². The van der Waals surface area contributed by atoms with Gasteiger partial charge in [0.15, 0.2) is 11.5 Å². The van der Waals surface area contributed by atoms with Gasteiger partial charge in [-0.15, -0.1) is 11.3 Å². The van der Waals surface area contributed by atoms with Gasteiger partial charge in [-0.1, -0.05) is 0 Å². The zero-order valence-corrected chi connectivity index (χ0v) is 12.7. The number of carbonyl (C=O) groups excluding carboxylic acids is 1. The largest absolute Gasteiger partial charge is 0.454 e. The summed E-state index contributed by atoms with van der Waals surface area (Å²) < 4.78 is 11.1. The zero-order valence-electron chi connectivity index (χ0n) is 10.3. The number of hydrogen-bond acceptors (Lipinski definition) is 6. The SMILES string of the molecule is O=C(Nc1cc2c(cc1[N+](=O)[O-])OCO2)c1ccc(Br)s1. The normalized spacial score (nSPS) is 12.2. The van der Waals surface area contributed by atoms with Crippen LogP contribution in [-0.4, -0.2) is 17.6 Å². The van der Waals surface area contributed by atoms with E-state index in [1.807, 2.05) is 0 Å². The smallest absolute Gasteiger partial charge is 0.296 e. The molecule has 0 saturated carbocycles. The van der Waals surface area contributed by atoms with E-state index in [0.29, 0.717) is 16.4 Å². The quantitative estimate of drug-likeness (QED) is 0.660. The average Bonchev–Trinajstić information content (AvgIpc) is 3.05. The summed E-state index contributed by atoms with van der Waals surface area (Å²) in [5.74, 6) is 0.231. The number of nitro groups is 1. The maximum atomic E-state index is 12.1. The minimum Gasteiger partial charge on any atom is -0.454 e. The Morgan fingerprint density at radius 3 is 2.67 bits per heavy atom. The number of rotatable bonds is 3. The molecular formula is C12H7BrN2O5S. The highest BCUT2D eigenvalue weighted by molar-refractivity contribution is 9.11. The molecule has 1 aromatic carbocycles. The Morgan fingerprint density at radius 2 is 2.05 bits per heavy atom. The third kappa shape index (κ3) is 2.69. The molecule has 0 spiro atoms. The Labute approximate surface area is 130 Å². The molecule has 0 aliphatic carbocycles. The number of hydrogen-bond donors (Lipinski definition) is 1. The van der Waals surface area contributed by atoms with Gasteiger partial charge in [-0.05, 0) is 28.1 Å². The molecule has 2 heterocycles. The number of fused-ring (bicyclic) bond motifs is 1. The molecule has 3 rings (SSSR count). The number of anilines is 1. The molecule has 108 valence electrons. The van der Waals surface area contributed by atoms with Crippen molar-refractivity contribution in [3.63, 3.8) is 0 Å². The van der Waals surface area contributed by atoms with E-state index < -0.39 is 10.8 Å². The predicted molar refractivity (Wildman–Crippen MR) is 79.2 cm³/mol. The minimum absolute atomic E-state index is 0.00174. The molecule has 0 fully saturated rings. The number of halogens is 1. The first-order valence-corrected chi connectivity index (χ1v) is 7.30. The number of nitrogens with zero attached hydrogens (tertiary/aromatic N) is 1. The van der Waals surface area contributed by atoms with Gasteiger partial charge in [-0.2, -0.15) is 0 Å². The lowest BCUT2D eigenvalue weighted by atomic mass is 10.2. The standard InChI is InChI=1S/C12H7BrN2O5S/c13-11-2-1-10(21-11)12(16)14-6-3-8-9(20-5-19-8)4-7(6)15(17)18/h1-4H,5H2,(H,14,16). The van der Waals surface area contributed by atoms with Crippen LogP contribution in [0.3, 0.4) is 0 Å². The Bertz CT molecular complexity index is 745. The topological polar surface area (TPSA) is 90.7 Å². The average molecular weight is 371 g/mol. The van der Waals surface area contributed by atoms with Crippen molar-refractivity contribution in [1.82, 2.24) is 0 Å². The third-order valence-electron chi connectivity index (χ3n) is 2.73. The highest BCUT2D eigenvalue weighted by Gasteiger charge is 2.25. The lowest BCUT2D eigenvalue weighted by Gasteiger charge is -2.06. The van der Waals surface area contributed by atoms with Crippen molar-refractivity contribution in [1.29, 1.82) is 0 Å². The van der Waals surface area contributed by atoms with Crippen molar-refractivity contribution >= 4 is 44.5 Å². The number of nitro benzene ring substituents is 1. The molecule has 7 nitrogen and oxygen atoms in total. The molecule has 21 heavy (non-hydrogen) atoms. The number of benzene rings is 1. The molecule has 0 saturated heterocycles. The number of nitrogens with one attached hydrogen (secondary N) is 1. The zero-order chi connectivity index (χ0) is 15.0. The van der Waals surface area contributed by atoms with Crippen molar-refractivity contribution < 1.29 is 19.2 Å². The maximum Gasteiger partial charge on any atom is 0.296 e. The highest BCUT2D eigenvalue weighted by atomic mass is 79.9. The third-order valence-corrected chi connectivity index (χ3v) is 4.36. The summed E-state index contributed by atoms with van der Waals surface area (Å²) in [6, 6.07) is 5.99. The fourth-order valence-electron chi connectivity index (χ4n) is 1.80. The van der Waals surface area contributed by atoms with Gasteiger partial charge >= 0.3 is 0 Å². The molecule has 9 heteroatoms. The van der Waals surface area contributed by atoms with E-state index in [4.69, 9.17) is 9.47 Å². The van der Waals surface area contributed by atoms with Crippen LogP contribution in [0.4, 0.5) is 11.4 Å². The van der Waals surface area contributed by atoms with Crippen LogP contribution in [0.15, 0.2) is 28.1 Å². The Hall–Kier alpha value is -2.13. The molecule has 2 aromatic rings. The summed E-state index contributed by atoms with van der Waals surface area (Å²) in [4.78, 5) is 23.0. The number of amides is 1. The lowest BCUT2D eigenvalue weighted by molar-refractivity contribution is -0.384. The van der Waals surface area contributed by atoms with E-state index in [2.05, 4.69) is 21.2 Å². The van der Waals surface area contributed by atoms with Gasteiger partial charge < -0.3 is 14.8 Å². The Balaban J connectivity index is 1.94. The van der Waals surface area contributed by atoms with E-state index in [1.54, 1.807) is 12.1 Å². The monoisotopic (exact) mass is 370 g/mol. The summed E-state index contributed by atoms with van der Waals surface area (Å²) in [6.07, 6.45) is 0. The summed E-state index contributed by atoms with van der Waals surface area (Å²) in [5.41, 5.74) is -0.179. The van der Waals surface area contributed by atoms with Crippen molar-refractivity contribution in [2.24, 2.45) is 0 Å². The first-order chi connectivity index (χ1) is 10.0. The van der Waals surface area contributed by atoms with E-state index in [9.17, 15) is 14.9 Å². The van der Waals surface area contributed by atoms with E-state index in [-0.39, 0.29) is 18.2 Å². The van der Waals surface area contributed by atoms with Gasteiger partial charge in [0.2, 0.25) is 6.79 Å². The van der Waals surface area contributed by atoms with Gasteiger partial charge in [0.25, 0.3) is 11.6 Å². The van der Waals surface area contributed by atoms with Crippen LogP contribution >= 0.6 is 27.3 Å². The second-order valence-corrected chi connectivity index (χ2v) is 6.50. The highest BCUT2D eigenvalue weighted by Crippen LogP contribution is 2.40. The van der Waals surface area contributed by atoms with Crippen LogP contribution in [0, 0.1) is 10.1 Å². The van der Waals surface area contributed by atoms with Crippen molar-refractivity contribution in [3.8, 4) is 11.5 Å². The first-order valence-electron chi connectivity index (χ1n) is 5.69. The van der Waals surface area contributed by atoms with Crippen molar-refractivity contribution in [2.75, 3.05) is 12.1 Å². The Kier molecular flexibility index (Phi) is 3.52. The van der Waals surface area contributed by atoms with E-state index in [0.717, 1.165) is 3.79 Å². The van der Waals surface area contributed by atoms with Crippen LogP contribution in [0.1, 0.15) is 9.67 Å². The number of thiophene rings is 1.